The Morgan fingerprint density at radius 1 is 1.26 bits per heavy atom. The van der Waals surface area contributed by atoms with Crippen LogP contribution in [0.3, 0.4) is 0 Å². The number of hydrazine groups is 1. The zero-order chi connectivity index (χ0) is 19.8. The number of sulfone groups is 1. The number of benzene rings is 1. The molecule has 1 aromatic carbocycles. The van der Waals surface area contributed by atoms with Gasteiger partial charge in [0.15, 0.2) is 9.84 Å². The largest absolute Gasteiger partial charge is 0.415 e. The Morgan fingerprint density at radius 3 is 2.59 bits per heavy atom. The average molecular weight is 404 g/mol. The fourth-order valence-corrected chi connectivity index (χ4v) is 4.20. The number of anilines is 1. The summed E-state index contributed by atoms with van der Waals surface area (Å²) in [5.74, 6) is 0. The second-order valence-corrected chi connectivity index (χ2v) is 8.99. The maximum atomic E-state index is 13.5. The Labute approximate surface area is 157 Å². The fraction of sp³-hybridized carbons (Fsp3) is 0.556. The van der Waals surface area contributed by atoms with Crippen LogP contribution in [0.5, 0.6) is 0 Å². The molecule has 0 saturated carbocycles. The molecule has 2 aliphatic heterocycles. The predicted octanol–water partition coefficient (Wildman–Crippen LogP) is 3.53. The van der Waals surface area contributed by atoms with Crippen LogP contribution in [0.2, 0.25) is 0 Å². The normalized spacial score (nSPS) is 22.6. The lowest BCUT2D eigenvalue weighted by molar-refractivity contribution is -0.0947. The minimum atomic E-state index is -4.45. The van der Waals surface area contributed by atoms with Crippen LogP contribution in [0.25, 0.3) is 0 Å². The van der Waals surface area contributed by atoms with Crippen molar-refractivity contribution in [3.05, 3.63) is 35.5 Å². The molecular weight excluding hydrogens is 381 g/mol. The first-order valence-electron chi connectivity index (χ1n) is 8.81. The lowest BCUT2D eigenvalue weighted by Crippen LogP contribution is -2.43. The van der Waals surface area contributed by atoms with E-state index in [0.717, 1.165) is 25.5 Å². The van der Waals surface area contributed by atoms with Crippen LogP contribution in [-0.4, -0.2) is 51.7 Å². The third-order valence-corrected chi connectivity index (χ3v) is 6.01. The molecule has 2 heterocycles. The molecule has 0 amide bonds. The quantitative estimate of drug-likeness (QED) is 0.769. The maximum absolute atomic E-state index is 13.5. The molecule has 1 fully saturated rings. The highest BCUT2D eigenvalue weighted by Gasteiger charge is 2.44. The average Bonchev–Trinajstić information content (AvgIpc) is 2.91. The van der Waals surface area contributed by atoms with E-state index in [9.17, 15) is 21.6 Å². The highest BCUT2D eigenvalue weighted by atomic mass is 32.2. The highest BCUT2D eigenvalue weighted by molar-refractivity contribution is 7.90. The van der Waals surface area contributed by atoms with Gasteiger partial charge in [-0.15, -0.1) is 0 Å². The van der Waals surface area contributed by atoms with Gasteiger partial charge in [0.2, 0.25) is 0 Å². The first-order valence-corrected chi connectivity index (χ1v) is 10.7. The van der Waals surface area contributed by atoms with E-state index in [1.807, 2.05) is 0 Å². The fourth-order valence-electron chi connectivity index (χ4n) is 3.54. The summed E-state index contributed by atoms with van der Waals surface area (Å²) in [7, 11) is -3.47. The van der Waals surface area contributed by atoms with Crippen molar-refractivity contribution in [2.24, 2.45) is 0 Å². The molecule has 1 unspecified atom stereocenters. The Balaban J connectivity index is 1.97. The molecule has 0 bridgehead atoms. The van der Waals surface area contributed by atoms with Gasteiger partial charge >= 0.3 is 6.18 Å². The second-order valence-electron chi connectivity index (χ2n) is 6.98. The number of ether oxygens (including phenoxy) is 1. The summed E-state index contributed by atoms with van der Waals surface area (Å²) in [6.45, 7) is 2.07. The predicted molar refractivity (Wildman–Crippen MR) is 95.9 cm³/mol. The molecule has 150 valence electrons. The second kappa shape index (κ2) is 7.44. The number of rotatable bonds is 4. The van der Waals surface area contributed by atoms with E-state index in [0.29, 0.717) is 18.8 Å². The van der Waals surface area contributed by atoms with Crippen LogP contribution in [0.15, 0.2) is 40.4 Å². The van der Waals surface area contributed by atoms with Gasteiger partial charge in [-0.1, -0.05) is 6.07 Å². The number of hydrogen-bond acceptors (Lipinski definition) is 5. The molecule has 0 aliphatic carbocycles. The highest BCUT2D eigenvalue weighted by Crippen LogP contribution is 2.39. The maximum Gasteiger partial charge on any atom is 0.415 e. The van der Waals surface area contributed by atoms with Crippen LogP contribution in [0.1, 0.15) is 26.2 Å². The molecule has 0 radical (unpaired) electrons. The van der Waals surface area contributed by atoms with Gasteiger partial charge in [-0.2, -0.15) is 13.2 Å². The third-order valence-electron chi connectivity index (χ3n) is 4.90. The van der Waals surface area contributed by atoms with Crippen LogP contribution < -0.4 is 5.01 Å². The van der Waals surface area contributed by atoms with Crippen molar-refractivity contribution in [1.29, 1.82) is 0 Å². The molecule has 1 saturated heterocycles. The monoisotopic (exact) mass is 404 g/mol. The first-order chi connectivity index (χ1) is 12.6. The van der Waals surface area contributed by atoms with Gasteiger partial charge in [0.1, 0.15) is 0 Å². The molecule has 0 aromatic heterocycles. The Bertz CT molecular complexity index is 830. The van der Waals surface area contributed by atoms with Crippen LogP contribution >= 0.6 is 0 Å². The molecule has 27 heavy (non-hydrogen) atoms. The topological polar surface area (TPSA) is 49.9 Å². The number of allylic oxidation sites excluding steroid dienone is 1. The molecule has 1 atom stereocenters. The third kappa shape index (κ3) is 4.47. The van der Waals surface area contributed by atoms with Crippen molar-refractivity contribution in [3.63, 3.8) is 0 Å². The minimum absolute atomic E-state index is 0.0592. The number of hydrogen-bond donors (Lipinski definition) is 0. The van der Waals surface area contributed by atoms with Crippen LogP contribution in [0.4, 0.5) is 18.9 Å². The summed E-state index contributed by atoms with van der Waals surface area (Å²) in [5.41, 5.74) is -0.169. The summed E-state index contributed by atoms with van der Waals surface area (Å²) >= 11 is 0. The van der Waals surface area contributed by atoms with Gasteiger partial charge in [-0.25, -0.2) is 13.4 Å². The van der Waals surface area contributed by atoms with Gasteiger partial charge < -0.3 is 4.74 Å². The molecule has 5 nitrogen and oxygen atoms in total. The minimum Gasteiger partial charge on any atom is -0.377 e. The van der Waals surface area contributed by atoms with E-state index in [1.54, 1.807) is 17.1 Å². The van der Waals surface area contributed by atoms with Crippen LogP contribution in [0, 0.1) is 0 Å². The zero-order valence-electron chi connectivity index (χ0n) is 15.3. The van der Waals surface area contributed by atoms with Gasteiger partial charge in [-0.3, -0.25) is 5.01 Å². The molecule has 1 aromatic rings. The molecule has 0 spiro atoms. The van der Waals surface area contributed by atoms with Crippen LogP contribution in [-0.2, 0) is 14.6 Å². The molecule has 0 N–H and O–H groups in total. The van der Waals surface area contributed by atoms with Gasteiger partial charge in [-0.05, 0) is 44.4 Å². The van der Waals surface area contributed by atoms with Crippen molar-refractivity contribution < 1.29 is 26.3 Å². The Kier molecular flexibility index (Phi) is 5.56. The van der Waals surface area contributed by atoms with E-state index in [2.05, 4.69) is 0 Å². The van der Waals surface area contributed by atoms with Gasteiger partial charge in [0.25, 0.3) is 0 Å². The SMILES string of the molecule is CC1=C(C(F)(F)F)CN(CC2CCCCO2)N1c1cccc(S(C)(=O)=O)c1. The lowest BCUT2D eigenvalue weighted by atomic mass is 10.1. The summed E-state index contributed by atoms with van der Waals surface area (Å²) in [5, 5.41) is 3.06. The zero-order valence-corrected chi connectivity index (χ0v) is 16.1. The summed E-state index contributed by atoms with van der Waals surface area (Å²) < 4.78 is 69.9. The summed E-state index contributed by atoms with van der Waals surface area (Å²) in [6, 6.07) is 6.01. The lowest BCUT2D eigenvalue weighted by Gasteiger charge is -2.35. The first kappa shape index (κ1) is 20.2. The smallest absolute Gasteiger partial charge is 0.377 e. The van der Waals surface area contributed by atoms with Crippen molar-refractivity contribution in [1.82, 2.24) is 5.01 Å². The number of nitrogens with zero attached hydrogens (tertiary/aromatic N) is 2. The Hall–Kier alpha value is -1.58. The van der Waals surface area contributed by atoms with E-state index in [-0.39, 0.29) is 23.2 Å². The number of alkyl halides is 3. The molecular formula is C18H23F3N2O3S. The van der Waals surface area contributed by atoms with Crippen molar-refractivity contribution in [2.75, 3.05) is 31.0 Å². The molecule has 3 rings (SSSR count). The number of halogens is 3. The van der Waals surface area contributed by atoms with E-state index in [1.165, 1.54) is 24.1 Å². The summed E-state index contributed by atoms with van der Waals surface area (Å²) in [4.78, 5) is 0.0714. The van der Waals surface area contributed by atoms with E-state index in [4.69, 9.17) is 4.74 Å². The van der Waals surface area contributed by atoms with Crippen molar-refractivity contribution in [3.8, 4) is 0 Å². The standard InChI is InChI=1S/C18H23F3N2O3S/c1-13-17(18(19,20)21)12-22(11-15-7-3-4-9-26-15)23(13)14-6-5-8-16(10-14)27(2,24)25/h5-6,8,10,15H,3-4,7,9,11-12H2,1-2H3. The Morgan fingerprint density at radius 2 is 2.00 bits per heavy atom. The van der Waals surface area contributed by atoms with Crippen molar-refractivity contribution in [2.45, 2.75) is 43.4 Å². The molecule has 9 heteroatoms. The summed E-state index contributed by atoms with van der Waals surface area (Å²) in [6.07, 6.45) is -0.761. The van der Waals surface area contributed by atoms with Gasteiger partial charge in [0, 0.05) is 25.1 Å². The van der Waals surface area contributed by atoms with E-state index >= 15 is 0 Å². The van der Waals surface area contributed by atoms with Crippen molar-refractivity contribution >= 4 is 15.5 Å². The van der Waals surface area contributed by atoms with E-state index < -0.39 is 21.6 Å². The molecule has 2 aliphatic rings. The van der Waals surface area contributed by atoms with Gasteiger partial charge in [0.05, 0.1) is 28.8 Å².